The molecule has 1 aliphatic heterocycles. The standard InChI is InChI=1S/C20H25N3O2/c1-3-4-7-12-25-20(24)23-19-21-14(2)18(22-19)17-11-10-15-8-5-6-9-16(15)13-17/h5-6,8-11,13-14,18H,3-4,7,12H2,1-2H3,(H2,21,22,23,24). The van der Waals surface area contributed by atoms with Crippen LogP contribution in [0.1, 0.15) is 44.7 Å². The number of hydrogen-bond donors (Lipinski definition) is 2. The van der Waals surface area contributed by atoms with Gasteiger partial charge < -0.3 is 10.1 Å². The van der Waals surface area contributed by atoms with Gasteiger partial charge in [-0.2, -0.15) is 0 Å². The summed E-state index contributed by atoms with van der Waals surface area (Å²) in [6.45, 7) is 4.62. The highest BCUT2D eigenvalue weighted by Crippen LogP contribution is 2.27. The maximum atomic E-state index is 11.8. The molecule has 0 bridgehead atoms. The zero-order valence-corrected chi connectivity index (χ0v) is 14.8. The number of hydrogen-bond acceptors (Lipinski definition) is 4. The van der Waals surface area contributed by atoms with Crippen molar-refractivity contribution in [3.63, 3.8) is 0 Å². The molecule has 25 heavy (non-hydrogen) atoms. The number of aliphatic imine (C=N–C) groups is 1. The second-order valence-corrected chi connectivity index (χ2v) is 6.43. The van der Waals surface area contributed by atoms with Crippen molar-refractivity contribution in [2.75, 3.05) is 6.61 Å². The van der Waals surface area contributed by atoms with Gasteiger partial charge in [-0.05, 0) is 35.7 Å². The lowest BCUT2D eigenvalue weighted by Gasteiger charge is -2.14. The first-order valence-corrected chi connectivity index (χ1v) is 8.94. The Morgan fingerprint density at radius 1 is 1.20 bits per heavy atom. The van der Waals surface area contributed by atoms with Crippen LogP contribution in [0.15, 0.2) is 47.5 Å². The Hall–Kier alpha value is -2.56. The van der Waals surface area contributed by atoms with E-state index in [-0.39, 0.29) is 12.1 Å². The second kappa shape index (κ2) is 8.01. The molecule has 5 nitrogen and oxygen atoms in total. The number of carbonyl (C=O) groups is 1. The molecule has 1 amide bonds. The third kappa shape index (κ3) is 4.29. The summed E-state index contributed by atoms with van der Waals surface area (Å²) < 4.78 is 5.17. The number of guanidine groups is 1. The molecule has 1 heterocycles. The summed E-state index contributed by atoms with van der Waals surface area (Å²) in [4.78, 5) is 16.5. The van der Waals surface area contributed by atoms with E-state index >= 15 is 0 Å². The van der Waals surface area contributed by atoms with Crippen molar-refractivity contribution in [2.45, 2.75) is 45.2 Å². The molecule has 2 aromatic rings. The number of nitrogens with one attached hydrogen (secondary N) is 2. The summed E-state index contributed by atoms with van der Waals surface area (Å²) >= 11 is 0. The zero-order valence-electron chi connectivity index (χ0n) is 14.8. The number of rotatable bonds is 5. The van der Waals surface area contributed by atoms with E-state index in [1.807, 2.05) is 12.1 Å². The molecule has 3 rings (SSSR count). The Morgan fingerprint density at radius 3 is 2.80 bits per heavy atom. The van der Waals surface area contributed by atoms with Crippen molar-refractivity contribution in [3.05, 3.63) is 48.0 Å². The summed E-state index contributed by atoms with van der Waals surface area (Å²) in [5.74, 6) is 0.478. The number of benzene rings is 2. The molecule has 0 fully saturated rings. The van der Waals surface area contributed by atoms with Gasteiger partial charge in [-0.3, -0.25) is 5.32 Å². The van der Waals surface area contributed by atoms with E-state index in [0.29, 0.717) is 12.6 Å². The van der Waals surface area contributed by atoms with Gasteiger partial charge in [0.2, 0.25) is 5.96 Å². The number of amides is 1. The van der Waals surface area contributed by atoms with Crippen LogP contribution in [-0.2, 0) is 4.74 Å². The summed E-state index contributed by atoms with van der Waals surface area (Å²) in [5, 5.41) is 8.33. The zero-order chi connectivity index (χ0) is 17.6. The van der Waals surface area contributed by atoms with Crippen LogP contribution in [0.2, 0.25) is 0 Å². The molecular formula is C20H25N3O2. The number of fused-ring (bicyclic) bond motifs is 1. The van der Waals surface area contributed by atoms with Crippen LogP contribution in [0.25, 0.3) is 10.8 Å². The van der Waals surface area contributed by atoms with Crippen LogP contribution in [0.4, 0.5) is 4.79 Å². The van der Waals surface area contributed by atoms with E-state index in [1.165, 1.54) is 10.8 Å². The average Bonchev–Trinajstić information content (AvgIpc) is 2.98. The fourth-order valence-electron chi connectivity index (χ4n) is 3.06. The lowest BCUT2D eigenvalue weighted by Crippen LogP contribution is -2.41. The lowest BCUT2D eigenvalue weighted by molar-refractivity contribution is 0.149. The minimum Gasteiger partial charge on any atom is -0.449 e. The summed E-state index contributed by atoms with van der Waals surface area (Å²) in [5.41, 5.74) is 1.13. The van der Waals surface area contributed by atoms with Gasteiger partial charge in [0.25, 0.3) is 0 Å². The van der Waals surface area contributed by atoms with Gasteiger partial charge in [0, 0.05) is 0 Å². The van der Waals surface area contributed by atoms with Gasteiger partial charge in [0.1, 0.15) is 0 Å². The molecule has 0 aromatic heterocycles. The van der Waals surface area contributed by atoms with Crippen LogP contribution in [-0.4, -0.2) is 24.7 Å². The molecule has 0 spiro atoms. The first-order chi connectivity index (χ1) is 12.2. The molecule has 2 aromatic carbocycles. The van der Waals surface area contributed by atoms with E-state index in [4.69, 9.17) is 4.74 Å². The van der Waals surface area contributed by atoms with E-state index in [2.05, 4.69) is 59.8 Å². The molecule has 132 valence electrons. The van der Waals surface area contributed by atoms with E-state index < -0.39 is 6.09 Å². The van der Waals surface area contributed by atoms with Gasteiger partial charge in [-0.15, -0.1) is 0 Å². The van der Waals surface area contributed by atoms with E-state index in [9.17, 15) is 4.79 Å². The SMILES string of the molecule is CCCCCOC(=O)NC1=NC(c2ccc3ccccc3c2)C(C)N1. The molecule has 1 aliphatic rings. The first-order valence-electron chi connectivity index (χ1n) is 8.94. The monoisotopic (exact) mass is 339 g/mol. The van der Waals surface area contributed by atoms with E-state index in [0.717, 1.165) is 24.8 Å². The molecule has 0 saturated heterocycles. The topological polar surface area (TPSA) is 62.7 Å². The Bertz CT molecular complexity index is 772. The molecule has 5 heteroatoms. The highest BCUT2D eigenvalue weighted by Gasteiger charge is 2.27. The molecule has 0 aliphatic carbocycles. The molecule has 0 saturated carbocycles. The molecule has 2 N–H and O–H groups in total. The van der Waals surface area contributed by atoms with Crippen molar-refractivity contribution >= 4 is 22.8 Å². The number of carbonyl (C=O) groups excluding carboxylic acids is 1. The van der Waals surface area contributed by atoms with Crippen LogP contribution in [0, 0.1) is 0 Å². The third-order valence-corrected chi connectivity index (χ3v) is 4.42. The Kier molecular flexibility index (Phi) is 5.53. The van der Waals surface area contributed by atoms with Crippen LogP contribution >= 0.6 is 0 Å². The van der Waals surface area contributed by atoms with Crippen LogP contribution in [0.3, 0.4) is 0 Å². The summed E-state index contributed by atoms with van der Waals surface area (Å²) in [6.07, 6.45) is 2.60. The van der Waals surface area contributed by atoms with Crippen molar-refractivity contribution in [1.82, 2.24) is 10.6 Å². The van der Waals surface area contributed by atoms with Gasteiger partial charge >= 0.3 is 6.09 Å². The van der Waals surface area contributed by atoms with Crippen LogP contribution in [0.5, 0.6) is 0 Å². The smallest absolute Gasteiger partial charge is 0.413 e. The average molecular weight is 339 g/mol. The van der Waals surface area contributed by atoms with Crippen molar-refractivity contribution in [2.24, 2.45) is 4.99 Å². The van der Waals surface area contributed by atoms with Gasteiger partial charge in [-0.25, -0.2) is 9.79 Å². The minimum atomic E-state index is -0.450. The molecule has 2 atom stereocenters. The predicted molar refractivity (Wildman–Crippen MR) is 101 cm³/mol. The van der Waals surface area contributed by atoms with Gasteiger partial charge in [0.15, 0.2) is 0 Å². The molecule has 2 unspecified atom stereocenters. The number of unbranched alkanes of at least 4 members (excludes halogenated alkanes) is 2. The highest BCUT2D eigenvalue weighted by molar-refractivity contribution is 5.95. The van der Waals surface area contributed by atoms with Crippen molar-refractivity contribution in [1.29, 1.82) is 0 Å². The quantitative estimate of drug-likeness (QED) is 0.805. The maximum absolute atomic E-state index is 11.8. The molecule has 0 radical (unpaired) electrons. The Balaban J connectivity index is 1.65. The summed E-state index contributed by atoms with van der Waals surface area (Å²) in [7, 11) is 0. The van der Waals surface area contributed by atoms with Gasteiger partial charge in [0.05, 0.1) is 18.7 Å². The maximum Gasteiger partial charge on any atom is 0.413 e. The number of nitrogens with zero attached hydrogens (tertiary/aromatic N) is 1. The first kappa shape index (κ1) is 17.3. The number of ether oxygens (including phenoxy) is 1. The molecular weight excluding hydrogens is 314 g/mol. The minimum absolute atomic E-state index is 0.0278. The van der Waals surface area contributed by atoms with Crippen molar-refractivity contribution < 1.29 is 9.53 Å². The van der Waals surface area contributed by atoms with E-state index in [1.54, 1.807) is 0 Å². The fourth-order valence-corrected chi connectivity index (χ4v) is 3.06. The number of alkyl carbamates (subject to hydrolysis) is 1. The Morgan fingerprint density at radius 2 is 2.00 bits per heavy atom. The van der Waals surface area contributed by atoms with Gasteiger partial charge in [-0.1, -0.05) is 56.2 Å². The predicted octanol–water partition coefficient (Wildman–Crippen LogP) is 4.15. The fraction of sp³-hybridized carbons (Fsp3) is 0.400. The van der Waals surface area contributed by atoms with Crippen molar-refractivity contribution in [3.8, 4) is 0 Å². The van der Waals surface area contributed by atoms with Crippen LogP contribution < -0.4 is 10.6 Å². The normalized spacial score (nSPS) is 19.4. The summed E-state index contributed by atoms with van der Waals surface area (Å²) in [6, 6.07) is 14.7. The second-order valence-electron chi connectivity index (χ2n) is 6.43. The largest absolute Gasteiger partial charge is 0.449 e. The lowest BCUT2D eigenvalue weighted by atomic mass is 9.99. The Labute approximate surface area is 148 Å². The third-order valence-electron chi connectivity index (χ3n) is 4.42. The highest BCUT2D eigenvalue weighted by atomic mass is 16.5.